The monoisotopic (exact) mass is 297 g/mol. The van der Waals surface area contributed by atoms with E-state index in [0.29, 0.717) is 12.6 Å². The molecule has 0 aromatic heterocycles. The number of hydrogen-bond donors (Lipinski definition) is 2. The second-order valence-electron chi connectivity index (χ2n) is 6.28. The molecule has 2 amide bonds. The third kappa shape index (κ3) is 3.87. The molecule has 2 rings (SSSR count). The molecular weight excluding hydrogens is 270 g/mol. The van der Waals surface area contributed by atoms with Gasteiger partial charge in [0.15, 0.2) is 0 Å². The second-order valence-corrected chi connectivity index (χ2v) is 6.28. The minimum absolute atomic E-state index is 0.0681. The van der Waals surface area contributed by atoms with Gasteiger partial charge in [0.1, 0.15) is 6.04 Å². The van der Waals surface area contributed by atoms with Crippen LogP contribution >= 0.6 is 0 Å². The number of carbonyl (C=O) groups is 2. The van der Waals surface area contributed by atoms with Crippen molar-refractivity contribution in [1.82, 2.24) is 15.1 Å². The minimum Gasteiger partial charge on any atom is -0.480 e. The molecule has 0 aliphatic carbocycles. The van der Waals surface area contributed by atoms with Crippen molar-refractivity contribution in [3.05, 3.63) is 0 Å². The van der Waals surface area contributed by atoms with E-state index < -0.39 is 12.0 Å². The lowest BCUT2D eigenvalue weighted by Gasteiger charge is -2.28. The number of rotatable bonds is 4. The molecule has 0 spiro atoms. The van der Waals surface area contributed by atoms with Crippen molar-refractivity contribution in [2.45, 2.75) is 51.6 Å². The van der Waals surface area contributed by atoms with Gasteiger partial charge < -0.3 is 15.3 Å². The van der Waals surface area contributed by atoms with Crippen LogP contribution in [-0.4, -0.2) is 65.2 Å². The van der Waals surface area contributed by atoms with Gasteiger partial charge >= 0.3 is 12.0 Å². The highest BCUT2D eigenvalue weighted by atomic mass is 16.4. The molecule has 0 bridgehead atoms. The Kier molecular flexibility index (Phi) is 5.45. The van der Waals surface area contributed by atoms with E-state index in [1.165, 1.54) is 6.42 Å². The Morgan fingerprint density at radius 2 is 2.00 bits per heavy atom. The molecule has 2 aliphatic heterocycles. The Bertz CT molecular complexity index is 388. The number of urea groups is 1. The van der Waals surface area contributed by atoms with E-state index >= 15 is 0 Å². The number of fused-ring (bicyclic) bond motifs is 1. The van der Waals surface area contributed by atoms with Crippen LogP contribution in [0.2, 0.25) is 0 Å². The van der Waals surface area contributed by atoms with Gasteiger partial charge in [0.2, 0.25) is 0 Å². The average molecular weight is 297 g/mol. The number of amides is 2. The quantitative estimate of drug-likeness (QED) is 0.822. The highest BCUT2D eigenvalue weighted by Gasteiger charge is 2.32. The first-order valence-corrected chi connectivity index (χ1v) is 8.05. The summed E-state index contributed by atoms with van der Waals surface area (Å²) in [6.45, 7) is 7.41. The molecule has 2 fully saturated rings. The molecule has 21 heavy (non-hydrogen) atoms. The lowest BCUT2D eigenvalue weighted by molar-refractivity contribution is -0.140. The zero-order valence-corrected chi connectivity index (χ0v) is 13.0. The fraction of sp³-hybridized carbons (Fsp3) is 0.867. The van der Waals surface area contributed by atoms with Gasteiger partial charge in [-0.05, 0) is 31.7 Å². The molecule has 3 atom stereocenters. The van der Waals surface area contributed by atoms with Gasteiger partial charge in [-0.15, -0.1) is 0 Å². The molecule has 2 heterocycles. The van der Waals surface area contributed by atoms with Gasteiger partial charge in [0, 0.05) is 25.7 Å². The molecule has 0 saturated carbocycles. The molecule has 0 radical (unpaired) electrons. The van der Waals surface area contributed by atoms with E-state index in [2.05, 4.69) is 10.2 Å². The van der Waals surface area contributed by atoms with Crippen LogP contribution in [0.25, 0.3) is 0 Å². The van der Waals surface area contributed by atoms with Gasteiger partial charge in [-0.25, -0.2) is 9.59 Å². The highest BCUT2D eigenvalue weighted by molar-refractivity contribution is 5.82. The molecule has 2 aliphatic rings. The number of aliphatic carboxylic acids is 1. The van der Waals surface area contributed by atoms with E-state index in [1.54, 1.807) is 4.90 Å². The SMILES string of the molecule is CCC(C)[C@H](NC(=O)N1CCCN2CCCC2C1)C(=O)O. The summed E-state index contributed by atoms with van der Waals surface area (Å²) < 4.78 is 0. The van der Waals surface area contributed by atoms with E-state index in [1.807, 2.05) is 13.8 Å². The Morgan fingerprint density at radius 1 is 1.29 bits per heavy atom. The van der Waals surface area contributed by atoms with E-state index in [0.717, 1.165) is 38.9 Å². The average Bonchev–Trinajstić information content (AvgIpc) is 2.80. The van der Waals surface area contributed by atoms with Crippen LogP contribution in [0, 0.1) is 5.92 Å². The summed E-state index contributed by atoms with van der Waals surface area (Å²) >= 11 is 0. The van der Waals surface area contributed by atoms with Gasteiger partial charge in [0.25, 0.3) is 0 Å². The summed E-state index contributed by atoms with van der Waals surface area (Å²) in [7, 11) is 0. The molecule has 2 saturated heterocycles. The topological polar surface area (TPSA) is 72.9 Å². The molecule has 2 N–H and O–H groups in total. The zero-order valence-electron chi connectivity index (χ0n) is 13.0. The molecular formula is C15H27N3O3. The highest BCUT2D eigenvalue weighted by Crippen LogP contribution is 2.21. The predicted octanol–water partition coefficient (Wildman–Crippen LogP) is 1.37. The van der Waals surface area contributed by atoms with Crippen molar-refractivity contribution in [2.24, 2.45) is 5.92 Å². The maximum Gasteiger partial charge on any atom is 0.326 e. The number of nitrogens with zero attached hydrogens (tertiary/aromatic N) is 2. The van der Waals surface area contributed by atoms with Crippen molar-refractivity contribution < 1.29 is 14.7 Å². The molecule has 2 unspecified atom stereocenters. The van der Waals surface area contributed by atoms with Crippen molar-refractivity contribution in [2.75, 3.05) is 26.2 Å². The Balaban J connectivity index is 1.96. The summed E-state index contributed by atoms with van der Waals surface area (Å²) in [6, 6.07) is -0.577. The predicted molar refractivity (Wildman–Crippen MR) is 80.2 cm³/mol. The van der Waals surface area contributed by atoms with Gasteiger partial charge in [-0.3, -0.25) is 4.90 Å². The molecule has 0 aromatic rings. The smallest absolute Gasteiger partial charge is 0.326 e. The van der Waals surface area contributed by atoms with Crippen LogP contribution in [0.1, 0.15) is 39.5 Å². The fourth-order valence-corrected chi connectivity index (χ4v) is 3.30. The zero-order chi connectivity index (χ0) is 15.4. The first kappa shape index (κ1) is 16.1. The maximum atomic E-state index is 12.4. The first-order valence-electron chi connectivity index (χ1n) is 8.05. The standard InChI is InChI=1S/C15H27N3O3/c1-3-11(2)13(14(19)20)16-15(21)18-9-5-8-17-7-4-6-12(17)10-18/h11-13H,3-10H2,1-2H3,(H,16,21)(H,19,20)/t11?,12?,13-/m0/s1. The molecule has 6 nitrogen and oxygen atoms in total. The number of carboxylic acid groups (broad SMARTS) is 1. The summed E-state index contributed by atoms with van der Waals surface area (Å²) in [5, 5.41) is 12.0. The third-order valence-electron chi connectivity index (χ3n) is 4.85. The number of hydrogen-bond acceptors (Lipinski definition) is 3. The fourth-order valence-electron chi connectivity index (χ4n) is 3.30. The van der Waals surface area contributed by atoms with Crippen LogP contribution < -0.4 is 5.32 Å². The summed E-state index contributed by atoms with van der Waals surface area (Å²) in [5.41, 5.74) is 0. The Morgan fingerprint density at radius 3 is 2.67 bits per heavy atom. The van der Waals surface area contributed by atoms with Crippen LogP contribution in [0.15, 0.2) is 0 Å². The van der Waals surface area contributed by atoms with E-state index in [-0.39, 0.29) is 11.9 Å². The van der Waals surface area contributed by atoms with Crippen LogP contribution in [-0.2, 0) is 4.79 Å². The lowest BCUT2D eigenvalue weighted by atomic mass is 9.99. The summed E-state index contributed by atoms with van der Waals surface area (Å²) in [5.74, 6) is -1.02. The van der Waals surface area contributed by atoms with E-state index in [4.69, 9.17) is 0 Å². The Labute approximate surface area is 126 Å². The minimum atomic E-state index is -0.949. The molecule has 120 valence electrons. The third-order valence-corrected chi connectivity index (χ3v) is 4.85. The van der Waals surface area contributed by atoms with E-state index in [9.17, 15) is 14.7 Å². The van der Waals surface area contributed by atoms with Crippen LogP contribution in [0.3, 0.4) is 0 Å². The first-order chi connectivity index (χ1) is 10.0. The summed E-state index contributed by atoms with van der Waals surface area (Å²) in [4.78, 5) is 28.0. The van der Waals surface area contributed by atoms with Crippen molar-refractivity contribution in [3.63, 3.8) is 0 Å². The van der Waals surface area contributed by atoms with Crippen molar-refractivity contribution >= 4 is 12.0 Å². The van der Waals surface area contributed by atoms with Crippen molar-refractivity contribution in [1.29, 1.82) is 0 Å². The van der Waals surface area contributed by atoms with Gasteiger partial charge in [-0.1, -0.05) is 20.3 Å². The summed E-state index contributed by atoms with van der Waals surface area (Å²) in [6.07, 6.45) is 4.03. The van der Waals surface area contributed by atoms with Crippen LogP contribution in [0.5, 0.6) is 0 Å². The Hall–Kier alpha value is -1.30. The number of carbonyl (C=O) groups excluding carboxylic acids is 1. The lowest BCUT2D eigenvalue weighted by Crippen LogP contribution is -2.52. The number of carboxylic acids is 1. The molecule has 0 aromatic carbocycles. The van der Waals surface area contributed by atoms with Gasteiger partial charge in [-0.2, -0.15) is 0 Å². The second kappa shape index (κ2) is 7.11. The van der Waals surface area contributed by atoms with Crippen molar-refractivity contribution in [3.8, 4) is 0 Å². The largest absolute Gasteiger partial charge is 0.480 e. The molecule has 6 heteroatoms. The normalized spacial score (nSPS) is 25.8. The van der Waals surface area contributed by atoms with Gasteiger partial charge in [0.05, 0.1) is 0 Å². The number of nitrogens with one attached hydrogen (secondary N) is 1. The maximum absolute atomic E-state index is 12.4. The van der Waals surface area contributed by atoms with Crippen LogP contribution in [0.4, 0.5) is 4.79 Å².